The third-order valence-electron chi connectivity index (χ3n) is 4.33. The maximum atomic E-state index is 12.6. The maximum Gasteiger partial charge on any atom is 0.254 e. The van der Waals surface area contributed by atoms with Crippen molar-refractivity contribution in [1.29, 1.82) is 0 Å². The number of hydrogen-bond acceptors (Lipinski definition) is 3. The quantitative estimate of drug-likeness (QED) is 0.689. The summed E-state index contributed by atoms with van der Waals surface area (Å²) in [7, 11) is 0. The van der Waals surface area contributed by atoms with Crippen molar-refractivity contribution in [2.24, 2.45) is 5.73 Å². The molecule has 0 saturated carbocycles. The fraction of sp³-hybridized carbons (Fsp3) is 0.190. The number of aromatic nitrogens is 1. The van der Waals surface area contributed by atoms with E-state index in [1.807, 2.05) is 48.5 Å². The Kier molecular flexibility index (Phi) is 5.59. The fourth-order valence-corrected chi connectivity index (χ4v) is 2.96. The Morgan fingerprint density at radius 2 is 1.77 bits per heavy atom. The molecule has 1 atom stereocenters. The molecule has 0 unspecified atom stereocenters. The van der Waals surface area contributed by atoms with Gasteiger partial charge in [0, 0.05) is 11.6 Å². The van der Waals surface area contributed by atoms with Gasteiger partial charge in [-0.15, -0.1) is 0 Å². The molecule has 132 valence electrons. The number of fused-ring (bicyclic) bond motifs is 1. The van der Waals surface area contributed by atoms with Gasteiger partial charge in [0.2, 0.25) is 5.91 Å². The van der Waals surface area contributed by atoms with Gasteiger partial charge < -0.3 is 11.1 Å². The van der Waals surface area contributed by atoms with E-state index in [2.05, 4.69) is 10.3 Å². The molecule has 3 rings (SSSR count). The largest absolute Gasteiger partial charge is 0.368 e. The van der Waals surface area contributed by atoms with E-state index in [4.69, 9.17) is 5.73 Å². The van der Waals surface area contributed by atoms with E-state index in [1.54, 1.807) is 18.3 Å². The molecule has 2 aromatic carbocycles. The summed E-state index contributed by atoms with van der Waals surface area (Å²) < 4.78 is 0. The van der Waals surface area contributed by atoms with Crippen molar-refractivity contribution >= 4 is 22.7 Å². The SMILES string of the molecule is NC(=O)[C@@H](CCCc1ccccc1)NC(=O)c1cccc2cccnc12. The molecule has 0 bridgehead atoms. The molecular weight excluding hydrogens is 326 g/mol. The predicted octanol–water partition coefficient (Wildman–Crippen LogP) is 2.84. The molecule has 1 heterocycles. The lowest BCUT2D eigenvalue weighted by Crippen LogP contribution is -2.44. The first-order valence-electron chi connectivity index (χ1n) is 8.63. The third kappa shape index (κ3) is 4.25. The molecule has 3 aromatic rings. The van der Waals surface area contributed by atoms with Gasteiger partial charge in [-0.25, -0.2) is 0 Å². The average Bonchev–Trinajstić information content (AvgIpc) is 2.67. The molecule has 3 N–H and O–H groups in total. The Bertz CT molecular complexity index is 904. The summed E-state index contributed by atoms with van der Waals surface area (Å²) in [6.07, 6.45) is 3.72. The number of nitrogens with one attached hydrogen (secondary N) is 1. The number of hydrogen-bond donors (Lipinski definition) is 2. The second-order valence-corrected chi connectivity index (χ2v) is 6.19. The molecular formula is C21H21N3O2. The minimum Gasteiger partial charge on any atom is -0.368 e. The maximum absolute atomic E-state index is 12.6. The summed E-state index contributed by atoms with van der Waals surface area (Å²) in [5.74, 6) is -0.864. The van der Waals surface area contributed by atoms with E-state index in [1.165, 1.54) is 5.56 Å². The molecule has 0 aliphatic rings. The first kappa shape index (κ1) is 17.6. The minimum absolute atomic E-state index is 0.335. The summed E-state index contributed by atoms with van der Waals surface area (Å²) in [6.45, 7) is 0. The third-order valence-corrected chi connectivity index (χ3v) is 4.33. The number of primary amides is 1. The van der Waals surface area contributed by atoms with Crippen LogP contribution in [0.4, 0.5) is 0 Å². The Hall–Kier alpha value is -3.21. The van der Waals surface area contributed by atoms with Crippen LogP contribution < -0.4 is 11.1 Å². The summed E-state index contributed by atoms with van der Waals surface area (Å²) in [5, 5.41) is 3.63. The van der Waals surface area contributed by atoms with Crippen LogP contribution in [0.3, 0.4) is 0 Å². The smallest absolute Gasteiger partial charge is 0.254 e. The number of benzene rings is 2. The van der Waals surface area contributed by atoms with Crippen LogP contribution in [0, 0.1) is 0 Å². The Balaban J connectivity index is 1.67. The van der Waals surface area contributed by atoms with Gasteiger partial charge in [0.1, 0.15) is 6.04 Å². The monoisotopic (exact) mass is 347 g/mol. The van der Waals surface area contributed by atoms with Gasteiger partial charge in [-0.3, -0.25) is 14.6 Å². The van der Waals surface area contributed by atoms with E-state index < -0.39 is 11.9 Å². The normalized spacial score (nSPS) is 11.8. The zero-order chi connectivity index (χ0) is 18.4. The van der Waals surface area contributed by atoms with Crippen LogP contribution in [-0.2, 0) is 11.2 Å². The average molecular weight is 347 g/mol. The first-order chi connectivity index (χ1) is 12.6. The molecule has 5 nitrogen and oxygen atoms in total. The van der Waals surface area contributed by atoms with E-state index in [-0.39, 0.29) is 5.91 Å². The van der Waals surface area contributed by atoms with Crippen molar-refractivity contribution in [3.8, 4) is 0 Å². The lowest BCUT2D eigenvalue weighted by atomic mass is 10.0. The topological polar surface area (TPSA) is 85.1 Å². The van der Waals surface area contributed by atoms with E-state index in [0.717, 1.165) is 18.2 Å². The van der Waals surface area contributed by atoms with Crippen LogP contribution in [0.5, 0.6) is 0 Å². The van der Waals surface area contributed by atoms with Gasteiger partial charge in [0.05, 0.1) is 11.1 Å². The molecule has 0 aliphatic carbocycles. The fourth-order valence-electron chi connectivity index (χ4n) is 2.96. The van der Waals surface area contributed by atoms with Gasteiger partial charge in [0.25, 0.3) is 5.91 Å². The second-order valence-electron chi connectivity index (χ2n) is 6.19. The number of amides is 2. The molecule has 26 heavy (non-hydrogen) atoms. The molecule has 0 saturated heterocycles. The van der Waals surface area contributed by atoms with Crippen molar-refractivity contribution in [2.75, 3.05) is 0 Å². The van der Waals surface area contributed by atoms with Crippen LogP contribution >= 0.6 is 0 Å². The van der Waals surface area contributed by atoms with Gasteiger partial charge >= 0.3 is 0 Å². The zero-order valence-electron chi connectivity index (χ0n) is 14.4. The number of aryl methyl sites for hydroxylation is 1. The summed E-state index contributed by atoms with van der Waals surface area (Å²) in [4.78, 5) is 28.7. The van der Waals surface area contributed by atoms with Crippen molar-refractivity contribution in [3.63, 3.8) is 0 Å². The van der Waals surface area contributed by atoms with E-state index >= 15 is 0 Å². The highest BCUT2D eigenvalue weighted by molar-refractivity contribution is 6.06. The number of carbonyl (C=O) groups excluding carboxylic acids is 2. The Morgan fingerprint density at radius 3 is 2.54 bits per heavy atom. The standard InChI is InChI=1S/C21H21N3O2/c22-20(25)18(13-4-9-15-7-2-1-3-8-15)24-21(26)17-12-5-10-16-11-6-14-23-19(16)17/h1-3,5-8,10-12,14,18H,4,9,13H2,(H2,22,25)(H,24,26)/t18-/m1/s1. The number of carbonyl (C=O) groups is 2. The van der Waals surface area contributed by atoms with E-state index in [0.29, 0.717) is 17.5 Å². The summed E-state index contributed by atoms with van der Waals surface area (Å²) >= 11 is 0. The number of nitrogens with two attached hydrogens (primary N) is 1. The Labute approximate surface area is 152 Å². The number of nitrogens with zero attached hydrogens (tertiary/aromatic N) is 1. The van der Waals surface area contributed by atoms with E-state index in [9.17, 15) is 9.59 Å². The van der Waals surface area contributed by atoms with Crippen LogP contribution in [0.15, 0.2) is 66.9 Å². The van der Waals surface area contributed by atoms with Crippen LogP contribution in [0.1, 0.15) is 28.8 Å². The van der Waals surface area contributed by atoms with Crippen LogP contribution in [0.25, 0.3) is 10.9 Å². The number of pyridine rings is 1. The van der Waals surface area contributed by atoms with Crippen LogP contribution in [0.2, 0.25) is 0 Å². The van der Waals surface area contributed by atoms with Crippen molar-refractivity contribution in [3.05, 3.63) is 78.0 Å². The van der Waals surface area contributed by atoms with Gasteiger partial charge in [0.15, 0.2) is 0 Å². The molecule has 5 heteroatoms. The Morgan fingerprint density at radius 1 is 1.00 bits per heavy atom. The lowest BCUT2D eigenvalue weighted by molar-refractivity contribution is -0.120. The molecule has 0 radical (unpaired) electrons. The zero-order valence-corrected chi connectivity index (χ0v) is 14.4. The highest BCUT2D eigenvalue weighted by atomic mass is 16.2. The van der Waals surface area contributed by atoms with Gasteiger partial charge in [-0.1, -0.05) is 48.5 Å². The van der Waals surface area contributed by atoms with Crippen LogP contribution in [-0.4, -0.2) is 22.8 Å². The summed E-state index contributed by atoms with van der Waals surface area (Å²) in [6, 6.07) is 18.4. The first-order valence-corrected chi connectivity index (χ1v) is 8.63. The van der Waals surface area contributed by atoms with Crippen molar-refractivity contribution < 1.29 is 9.59 Å². The van der Waals surface area contributed by atoms with Gasteiger partial charge in [-0.05, 0) is 37.0 Å². The van der Waals surface area contributed by atoms with Gasteiger partial charge in [-0.2, -0.15) is 0 Å². The minimum atomic E-state index is -0.704. The van der Waals surface area contributed by atoms with Crippen molar-refractivity contribution in [1.82, 2.24) is 10.3 Å². The predicted molar refractivity (Wildman–Crippen MR) is 102 cm³/mol. The highest BCUT2D eigenvalue weighted by Crippen LogP contribution is 2.16. The van der Waals surface area contributed by atoms with Crippen molar-refractivity contribution in [2.45, 2.75) is 25.3 Å². The molecule has 2 amide bonds. The number of rotatable bonds is 7. The lowest BCUT2D eigenvalue weighted by Gasteiger charge is -2.16. The molecule has 0 aliphatic heterocycles. The molecule has 0 spiro atoms. The molecule has 0 fully saturated rings. The highest BCUT2D eigenvalue weighted by Gasteiger charge is 2.20. The number of para-hydroxylation sites is 1. The second kappa shape index (κ2) is 8.25. The molecule has 1 aromatic heterocycles. The summed E-state index contributed by atoms with van der Waals surface area (Å²) in [5.41, 5.74) is 7.73.